The van der Waals surface area contributed by atoms with Crippen LogP contribution in [-0.2, 0) is 25.4 Å². The van der Waals surface area contributed by atoms with Crippen molar-refractivity contribution in [1.29, 1.82) is 0 Å². The number of rotatable bonds is 8. The van der Waals surface area contributed by atoms with Crippen molar-refractivity contribution in [3.8, 4) is 27.5 Å². The van der Waals surface area contributed by atoms with Gasteiger partial charge in [0.2, 0.25) is 0 Å². The van der Waals surface area contributed by atoms with Gasteiger partial charge in [-0.2, -0.15) is 13.2 Å². The second kappa shape index (κ2) is 13.3. The molecule has 0 N–H and O–H groups in total. The molecule has 0 radical (unpaired) electrons. The van der Waals surface area contributed by atoms with Crippen molar-refractivity contribution in [3.63, 3.8) is 0 Å². The van der Waals surface area contributed by atoms with Crippen LogP contribution in [0.4, 0.5) is 13.2 Å². The largest absolute Gasteiger partial charge is 0.416 e. The number of likely N-dealkylation sites (tertiary alicyclic amines) is 1. The molecule has 0 unspecified atom stereocenters. The van der Waals surface area contributed by atoms with Crippen molar-refractivity contribution in [2.75, 3.05) is 13.1 Å². The molecule has 0 spiro atoms. The number of piperidine rings is 1. The van der Waals surface area contributed by atoms with Crippen molar-refractivity contribution in [3.05, 3.63) is 91.7 Å². The number of halogens is 3. The highest BCUT2D eigenvalue weighted by molar-refractivity contribution is 7.15. The molecule has 0 atom stereocenters. The molecule has 1 amide bonds. The summed E-state index contributed by atoms with van der Waals surface area (Å²) in [5.41, 5.74) is 4.50. The second-order valence-corrected chi connectivity index (χ2v) is 13.3. The van der Waals surface area contributed by atoms with Crippen LogP contribution in [0, 0.1) is 12.8 Å². The molecule has 1 aliphatic heterocycles. The summed E-state index contributed by atoms with van der Waals surface area (Å²) < 4.78 is 41.5. The molecule has 0 saturated carbocycles. The van der Waals surface area contributed by atoms with Crippen molar-refractivity contribution in [2.24, 2.45) is 5.92 Å². The predicted octanol–water partition coefficient (Wildman–Crippen LogP) is 8.90. The number of carbonyl (C=O) groups is 1. The van der Waals surface area contributed by atoms with Crippen LogP contribution in [0.1, 0.15) is 84.6 Å². The summed E-state index contributed by atoms with van der Waals surface area (Å²) in [6.45, 7) is 11.5. The minimum absolute atomic E-state index is 0.0800. The van der Waals surface area contributed by atoms with E-state index in [-0.39, 0.29) is 17.4 Å². The lowest BCUT2D eigenvalue weighted by molar-refractivity contribution is -0.137. The lowest BCUT2D eigenvalue weighted by Crippen LogP contribution is -2.38. The third-order valence-corrected chi connectivity index (χ3v) is 9.48. The minimum Gasteiger partial charge on any atom is -0.339 e. The molecule has 1 fully saturated rings. The molecule has 45 heavy (non-hydrogen) atoms. The number of alkyl halides is 3. The van der Waals surface area contributed by atoms with E-state index >= 15 is 0 Å². The topological polar surface area (TPSA) is 55.2 Å². The number of amides is 1. The fraction of sp³-hybridized carbons (Fsp3) is 0.417. The highest BCUT2D eigenvalue weighted by Crippen LogP contribution is 2.36. The molecule has 3 heterocycles. The normalized spacial score (nSPS) is 13.9. The van der Waals surface area contributed by atoms with Gasteiger partial charge in [0.05, 0.1) is 28.1 Å². The van der Waals surface area contributed by atoms with E-state index < -0.39 is 11.7 Å². The Labute approximate surface area is 266 Å². The number of pyridine rings is 1. The standard InChI is InChI=1S/C36H40F3N3O2S/c1-6-24-12-11-13-25(7-2)32(24)42-30(20-22(3)4)28(34(43)41-18-9-8-10-19-41)21-29(35(42)44)33-40-31(23(5)45-33)26-14-16-27(17-15-26)36(37,38)39/h11-17,21-22H,6-10,18-20H2,1-5H3. The molecule has 0 bridgehead atoms. The Bertz CT molecular complexity index is 1720. The summed E-state index contributed by atoms with van der Waals surface area (Å²) in [6, 6.07) is 12.7. The first-order valence-corrected chi connectivity index (χ1v) is 16.6. The highest BCUT2D eigenvalue weighted by atomic mass is 32.1. The first-order valence-electron chi connectivity index (χ1n) is 15.8. The van der Waals surface area contributed by atoms with E-state index in [4.69, 9.17) is 4.98 Å². The van der Waals surface area contributed by atoms with Crippen molar-refractivity contribution >= 4 is 17.2 Å². The predicted molar refractivity (Wildman–Crippen MR) is 175 cm³/mol. The van der Waals surface area contributed by atoms with Crippen LogP contribution in [-0.4, -0.2) is 33.4 Å². The molecule has 238 valence electrons. The van der Waals surface area contributed by atoms with Crippen LogP contribution in [0.15, 0.2) is 53.3 Å². The Morgan fingerprint density at radius 2 is 1.60 bits per heavy atom. The van der Waals surface area contributed by atoms with Gasteiger partial charge in [-0.15, -0.1) is 11.3 Å². The van der Waals surface area contributed by atoms with Crippen LogP contribution in [0.2, 0.25) is 0 Å². The fourth-order valence-corrected chi connectivity index (χ4v) is 7.13. The first-order chi connectivity index (χ1) is 21.4. The Kier molecular flexibility index (Phi) is 9.68. The van der Waals surface area contributed by atoms with Gasteiger partial charge in [0.1, 0.15) is 5.01 Å². The molecule has 9 heteroatoms. The van der Waals surface area contributed by atoms with E-state index in [0.717, 1.165) is 53.1 Å². The summed E-state index contributed by atoms with van der Waals surface area (Å²) in [5.74, 6) is 0.102. The maximum Gasteiger partial charge on any atom is 0.416 e. The zero-order valence-electron chi connectivity index (χ0n) is 26.6. The Morgan fingerprint density at radius 1 is 0.978 bits per heavy atom. The van der Waals surface area contributed by atoms with Gasteiger partial charge in [0.15, 0.2) is 0 Å². The SMILES string of the molecule is CCc1cccc(CC)c1-n1c(CC(C)C)c(C(=O)N2CCCCC2)cc(-c2nc(-c3ccc(C(F)(F)F)cc3)c(C)s2)c1=O. The molecule has 1 aliphatic rings. The van der Waals surface area contributed by atoms with Crippen molar-refractivity contribution in [2.45, 2.75) is 79.3 Å². The summed E-state index contributed by atoms with van der Waals surface area (Å²) >= 11 is 1.31. The lowest BCUT2D eigenvalue weighted by Gasteiger charge is -2.29. The maximum atomic E-state index is 14.8. The number of aryl methyl sites for hydroxylation is 3. The molecule has 0 aliphatic carbocycles. The third-order valence-electron chi connectivity index (χ3n) is 8.48. The fourth-order valence-electron chi connectivity index (χ4n) is 6.18. The number of hydrogen-bond donors (Lipinski definition) is 0. The lowest BCUT2D eigenvalue weighted by atomic mass is 9.96. The van der Waals surface area contributed by atoms with Crippen LogP contribution >= 0.6 is 11.3 Å². The molecule has 5 rings (SSSR count). The van der Waals surface area contributed by atoms with Crippen LogP contribution < -0.4 is 5.56 Å². The van der Waals surface area contributed by atoms with E-state index in [1.54, 1.807) is 10.6 Å². The second-order valence-electron chi connectivity index (χ2n) is 12.1. The van der Waals surface area contributed by atoms with Gasteiger partial charge in [-0.25, -0.2) is 4.98 Å². The summed E-state index contributed by atoms with van der Waals surface area (Å²) in [5, 5.41) is 0.442. The van der Waals surface area contributed by atoms with E-state index in [2.05, 4.69) is 27.7 Å². The van der Waals surface area contributed by atoms with Gasteiger partial charge in [-0.3, -0.25) is 14.2 Å². The number of thiazole rings is 1. The van der Waals surface area contributed by atoms with E-state index in [0.29, 0.717) is 65.4 Å². The number of hydrogen-bond acceptors (Lipinski definition) is 4. The van der Waals surface area contributed by atoms with Crippen molar-refractivity contribution < 1.29 is 18.0 Å². The van der Waals surface area contributed by atoms with E-state index in [9.17, 15) is 22.8 Å². The minimum atomic E-state index is -4.44. The average molecular weight is 636 g/mol. The van der Waals surface area contributed by atoms with Gasteiger partial charge in [0, 0.05) is 29.2 Å². The van der Waals surface area contributed by atoms with Gasteiger partial charge < -0.3 is 4.90 Å². The number of carbonyl (C=O) groups excluding carboxylic acids is 1. The molecule has 2 aromatic heterocycles. The summed E-state index contributed by atoms with van der Waals surface area (Å²) in [4.78, 5) is 36.5. The molecular weight excluding hydrogens is 595 g/mol. The van der Waals surface area contributed by atoms with E-state index in [1.807, 2.05) is 30.0 Å². The third kappa shape index (κ3) is 6.64. The number of nitrogens with zero attached hydrogens (tertiary/aromatic N) is 3. The molecule has 4 aromatic rings. The smallest absolute Gasteiger partial charge is 0.339 e. The van der Waals surface area contributed by atoms with Crippen molar-refractivity contribution in [1.82, 2.24) is 14.5 Å². The van der Waals surface area contributed by atoms with Crippen LogP contribution in [0.25, 0.3) is 27.5 Å². The number of aromatic nitrogens is 2. The maximum absolute atomic E-state index is 14.8. The average Bonchev–Trinajstić information content (AvgIpc) is 3.41. The number of para-hydroxylation sites is 1. The van der Waals surface area contributed by atoms with Crippen LogP contribution in [0.5, 0.6) is 0 Å². The summed E-state index contributed by atoms with van der Waals surface area (Å²) in [6.07, 6.45) is 0.501. The molecule has 2 aromatic carbocycles. The van der Waals surface area contributed by atoms with Gasteiger partial charge >= 0.3 is 6.18 Å². The Hall–Kier alpha value is -3.72. The molecule has 1 saturated heterocycles. The molecular formula is C36H40F3N3O2S. The van der Waals surface area contributed by atoms with E-state index in [1.165, 1.54) is 23.5 Å². The van der Waals surface area contributed by atoms with Gasteiger partial charge in [-0.1, -0.05) is 58.0 Å². The zero-order valence-corrected chi connectivity index (χ0v) is 27.4. The zero-order chi connectivity index (χ0) is 32.5. The Morgan fingerprint density at radius 3 is 2.16 bits per heavy atom. The first kappa shape index (κ1) is 32.7. The van der Waals surface area contributed by atoms with Crippen LogP contribution in [0.3, 0.4) is 0 Å². The number of benzene rings is 2. The summed E-state index contributed by atoms with van der Waals surface area (Å²) in [7, 11) is 0. The quantitative estimate of drug-likeness (QED) is 0.194. The van der Waals surface area contributed by atoms with Gasteiger partial charge in [-0.05, 0) is 80.7 Å². The monoisotopic (exact) mass is 635 g/mol. The highest BCUT2D eigenvalue weighted by Gasteiger charge is 2.31. The molecule has 5 nitrogen and oxygen atoms in total. The van der Waals surface area contributed by atoms with Gasteiger partial charge in [0.25, 0.3) is 11.5 Å². The Balaban J connectivity index is 1.78.